The number of aliphatic hydroxyl groups excluding tert-OH is 1. The normalized spacial score (nSPS) is 22.7. The number of imidazole rings is 1. The number of amides is 2. The summed E-state index contributed by atoms with van der Waals surface area (Å²) in [6.45, 7) is 6.78. The fraction of sp³-hybridized carbons (Fsp3) is 0.619. The van der Waals surface area contributed by atoms with Gasteiger partial charge in [0, 0.05) is 5.75 Å². The lowest BCUT2D eigenvalue weighted by Gasteiger charge is -2.26. The molecule has 14 nitrogen and oxygen atoms in total. The Morgan fingerprint density at radius 3 is 2.67 bits per heavy atom. The molecule has 15 heteroatoms. The summed E-state index contributed by atoms with van der Waals surface area (Å²) >= 11 is 1.32. The minimum absolute atomic E-state index is 0.0627. The number of aromatic nitrogens is 4. The first-order valence-electron chi connectivity index (χ1n) is 11.2. The third-order valence-electron chi connectivity index (χ3n) is 5.10. The van der Waals surface area contributed by atoms with Gasteiger partial charge < -0.3 is 35.7 Å². The molecule has 0 saturated carbocycles. The number of hydrogen-bond acceptors (Lipinski definition) is 12. The predicted octanol–water partition coefficient (Wildman–Crippen LogP) is -0.0290. The molecule has 1 aliphatic rings. The summed E-state index contributed by atoms with van der Waals surface area (Å²) in [7, 11) is 0. The maximum Gasteiger partial charge on any atom is 0.408 e. The van der Waals surface area contributed by atoms with Gasteiger partial charge in [0.25, 0.3) is 0 Å². The number of hydrogen-bond donors (Lipinski definition) is 4. The summed E-state index contributed by atoms with van der Waals surface area (Å²) in [5, 5.41) is 16.3. The van der Waals surface area contributed by atoms with Crippen LogP contribution in [0, 0.1) is 0 Å². The average Bonchev–Trinajstić information content (AvgIpc) is 3.34. The summed E-state index contributed by atoms with van der Waals surface area (Å²) in [6, 6.07) is -2.21. The number of nitrogens with one attached hydrogen (secondary N) is 2. The van der Waals surface area contributed by atoms with Gasteiger partial charge in [0.1, 0.15) is 29.6 Å². The molecule has 0 spiro atoms. The molecule has 1 saturated heterocycles. The second-order valence-electron chi connectivity index (χ2n) is 8.96. The van der Waals surface area contributed by atoms with Crippen LogP contribution in [0.15, 0.2) is 12.7 Å². The van der Waals surface area contributed by atoms with Crippen LogP contribution >= 0.6 is 11.8 Å². The average molecular weight is 526 g/mol. The van der Waals surface area contributed by atoms with Crippen molar-refractivity contribution in [1.82, 2.24) is 30.2 Å². The summed E-state index contributed by atoms with van der Waals surface area (Å²) in [6.07, 6.45) is -0.343. The molecule has 198 valence electrons. The van der Waals surface area contributed by atoms with E-state index < -0.39 is 54.1 Å². The lowest BCUT2D eigenvalue weighted by Crippen LogP contribution is -2.57. The molecule has 5 atom stereocenters. The highest BCUT2D eigenvalue weighted by atomic mass is 32.2. The number of fused-ring (bicyclic) bond motifs is 1. The maximum atomic E-state index is 13.1. The Morgan fingerprint density at radius 2 is 2.03 bits per heavy atom. The monoisotopic (exact) mass is 525 g/mol. The number of aliphatic hydroxyl groups is 1. The molecule has 1 aliphatic heterocycles. The van der Waals surface area contributed by atoms with Crippen molar-refractivity contribution in [2.45, 2.75) is 63.8 Å². The number of carbonyl (C=O) groups is 3. The number of nitrogen functional groups attached to an aromatic ring is 1. The second kappa shape index (κ2) is 11.3. The number of carbonyl (C=O) groups excluding carboxylic acids is 3. The molecule has 0 aliphatic carbocycles. The van der Waals surface area contributed by atoms with Crippen LogP contribution in [0.3, 0.4) is 0 Å². The molecule has 2 amide bonds. The Morgan fingerprint density at radius 1 is 1.31 bits per heavy atom. The van der Waals surface area contributed by atoms with Crippen LogP contribution in [0.2, 0.25) is 0 Å². The highest BCUT2D eigenvalue weighted by Crippen LogP contribution is 2.32. The number of ether oxygens (including phenoxy) is 3. The third-order valence-corrected chi connectivity index (χ3v) is 5.77. The van der Waals surface area contributed by atoms with E-state index in [1.807, 2.05) is 0 Å². The molecule has 5 N–H and O–H groups in total. The molecule has 3 rings (SSSR count). The van der Waals surface area contributed by atoms with Crippen molar-refractivity contribution < 1.29 is 33.7 Å². The summed E-state index contributed by atoms with van der Waals surface area (Å²) in [5.74, 6) is -1.07. The number of nitrogens with two attached hydrogens (primary N) is 1. The molecule has 3 heterocycles. The molecule has 2 aromatic heterocycles. The van der Waals surface area contributed by atoms with Gasteiger partial charge in [-0.25, -0.2) is 24.5 Å². The van der Waals surface area contributed by atoms with Crippen molar-refractivity contribution in [3.63, 3.8) is 0 Å². The van der Waals surface area contributed by atoms with Crippen molar-refractivity contribution in [1.29, 1.82) is 0 Å². The van der Waals surface area contributed by atoms with Gasteiger partial charge in [0.2, 0.25) is 5.91 Å². The second-order valence-corrected chi connectivity index (χ2v) is 9.87. The van der Waals surface area contributed by atoms with Crippen LogP contribution in [0.25, 0.3) is 11.2 Å². The Balaban J connectivity index is 1.85. The lowest BCUT2D eigenvalue weighted by atomic mass is 10.1. The van der Waals surface area contributed by atoms with E-state index in [1.165, 1.54) is 29.0 Å². The zero-order valence-corrected chi connectivity index (χ0v) is 21.4. The molecule has 0 bridgehead atoms. The topological polar surface area (TPSA) is 193 Å². The van der Waals surface area contributed by atoms with E-state index in [1.54, 1.807) is 34.0 Å². The number of anilines is 1. The smallest absolute Gasteiger partial charge is 0.408 e. The fourth-order valence-corrected chi connectivity index (χ4v) is 4.18. The van der Waals surface area contributed by atoms with E-state index in [9.17, 15) is 19.5 Å². The summed E-state index contributed by atoms with van der Waals surface area (Å²) in [4.78, 5) is 50.3. The highest BCUT2D eigenvalue weighted by molar-refractivity contribution is 7.98. The summed E-state index contributed by atoms with van der Waals surface area (Å²) in [5.41, 5.74) is 5.64. The Hall–Kier alpha value is -3.17. The van der Waals surface area contributed by atoms with Crippen molar-refractivity contribution >= 4 is 46.7 Å². The third kappa shape index (κ3) is 6.14. The van der Waals surface area contributed by atoms with E-state index >= 15 is 0 Å². The van der Waals surface area contributed by atoms with Gasteiger partial charge in [0.15, 0.2) is 23.8 Å². The van der Waals surface area contributed by atoms with Crippen LogP contribution < -0.4 is 16.4 Å². The van der Waals surface area contributed by atoms with Gasteiger partial charge in [0.05, 0.1) is 19.0 Å². The molecular weight excluding hydrogens is 494 g/mol. The Bertz CT molecular complexity index is 1110. The summed E-state index contributed by atoms with van der Waals surface area (Å²) < 4.78 is 17.6. The van der Waals surface area contributed by atoms with Gasteiger partial charge >= 0.3 is 12.1 Å². The largest absolute Gasteiger partial charge is 0.464 e. The molecule has 0 aromatic carbocycles. The molecule has 0 radical (unpaired) electrons. The van der Waals surface area contributed by atoms with E-state index in [0.29, 0.717) is 0 Å². The number of thioether (sulfide) groups is 1. The number of esters is 1. The van der Waals surface area contributed by atoms with Gasteiger partial charge in [-0.2, -0.15) is 11.8 Å². The quantitative estimate of drug-likeness (QED) is 0.337. The molecule has 2 aromatic rings. The van der Waals surface area contributed by atoms with Crippen molar-refractivity contribution in [2.75, 3.05) is 24.3 Å². The van der Waals surface area contributed by atoms with Gasteiger partial charge in [-0.15, -0.1) is 0 Å². The van der Waals surface area contributed by atoms with Crippen molar-refractivity contribution in [3.8, 4) is 0 Å². The number of nitrogens with zero attached hydrogens (tertiary/aromatic N) is 4. The van der Waals surface area contributed by atoms with E-state index in [2.05, 4.69) is 25.6 Å². The van der Waals surface area contributed by atoms with Crippen molar-refractivity contribution in [3.05, 3.63) is 12.7 Å². The van der Waals surface area contributed by atoms with Gasteiger partial charge in [-0.05, 0) is 34.0 Å². The predicted molar refractivity (Wildman–Crippen MR) is 130 cm³/mol. The number of rotatable bonds is 8. The van der Waals surface area contributed by atoms with Gasteiger partial charge in [-0.1, -0.05) is 0 Å². The molecule has 1 fully saturated rings. The Labute approximate surface area is 211 Å². The fourth-order valence-electron chi connectivity index (χ4n) is 3.61. The van der Waals surface area contributed by atoms with Gasteiger partial charge in [-0.3, -0.25) is 9.36 Å². The molecular formula is C21H31N7O7S. The SMILES string of the molecule is CCOC(=O)[C@H]1O[C@@H](n2cnc3c(N)ncnc32)[C@H](O)[C@@H]1NC(=O)[C@H](CSC)NC(=O)OC(C)(C)C. The Kier molecular flexibility index (Phi) is 8.58. The molecule has 36 heavy (non-hydrogen) atoms. The first-order chi connectivity index (χ1) is 17.0. The zero-order valence-electron chi connectivity index (χ0n) is 20.6. The standard InChI is InChI=1S/C21H31N7O7S/c1-6-33-19(31)14-11(27-17(30)10(7-36-5)26-20(32)35-21(2,3)4)13(29)18(34-14)28-9-25-12-15(22)23-8-24-16(12)28/h8-11,13-14,18,29H,6-7H2,1-5H3,(H,26,32)(H,27,30)(H2,22,23,24)/t10-,11-,13+,14-,18+/m0/s1. The molecule has 0 unspecified atom stereocenters. The van der Waals surface area contributed by atoms with E-state index in [4.69, 9.17) is 19.9 Å². The van der Waals surface area contributed by atoms with Crippen LogP contribution in [-0.2, 0) is 23.8 Å². The first-order valence-corrected chi connectivity index (χ1v) is 12.6. The number of alkyl carbamates (subject to hydrolysis) is 1. The van der Waals surface area contributed by atoms with Crippen LogP contribution in [-0.4, -0.2) is 91.1 Å². The van der Waals surface area contributed by atoms with Crippen molar-refractivity contribution in [2.24, 2.45) is 0 Å². The zero-order chi connectivity index (χ0) is 26.6. The van der Waals surface area contributed by atoms with E-state index in [-0.39, 0.29) is 29.3 Å². The lowest BCUT2D eigenvalue weighted by molar-refractivity contribution is -0.159. The maximum absolute atomic E-state index is 13.1. The minimum Gasteiger partial charge on any atom is -0.464 e. The van der Waals surface area contributed by atoms with Crippen LogP contribution in [0.4, 0.5) is 10.6 Å². The highest BCUT2D eigenvalue weighted by Gasteiger charge is 2.50. The van der Waals surface area contributed by atoms with E-state index in [0.717, 1.165) is 0 Å². The first kappa shape index (κ1) is 27.4. The van der Waals surface area contributed by atoms with Crippen LogP contribution in [0.5, 0.6) is 0 Å². The van der Waals surface area contributed by atoms with Crippen LogP contribution in [0.1, 0.15) is 33.9 Å². The minimum atomic E-state index is -1.41.